The van der Waals surface area contributed by atoms with E-state index in [0.717, 1.165) is 42.6 Å². The van der Waals surface area contributed by atoms with Crippen molar-refractivity contribution in [3.05, 3.63) is 29.2 Å². The largest absolute Gasteiger partial charge is 0.359 e. The van der Waals surface area contributed by atoms with Crippen LogP contribution in [0.25, 0.3) is 0 Å². The topological polar surface area (TPSA) is 68.8 Å². The first-order valence-corrected chi connectivity index (χ1v) is 6.22. The molecule has 0 unspecified atom stereocenters. The first kappa shape index (κ1) is 12.8. The van der Waals surface area contributed by atoms with E-state index >= 15 is 0 Å². The summed E-state index contributed by atoms with van der Waals surface area (Å²) in [5.41, 5.74) is 0.924. The van der Waals surface area contributed by atoms with Crippen molar-refractivity contribution in [1.82, 2.24) is 25.2 Å². The van der Waals surface area contributed by atoms with Gasteiger partial charge in [-0.25, -0.2) is 9.67 Å². The Hall–Kier alpha value is -1.69. The summed E-state index contributed by atoms with van der Waals surface area (Å²) in [7, 11) is 0. The highest BCUT2D eigenvalue weighted by atomic mass is 16.5. The molecule has 2 heterocycles. The maximum Gasteiger partial charge on any atom is 0.158 e. The monoisotopic (exact) mass is 249 g/mol. The van der Waals surface area contributed by atoms with Gasteiger partial charge in [-0.3, -0.25) is 0 Å². The van der Waals surface area contributed by atoms with E-state index in [1.807, 2.05) is 24.6 Å². The number of aromatic nitrogens is 4. The minimum Gasteiger partial charge on any atom is -0.359 e. The molecule has 0 fully saturated rings. The summed E-state index contributed by atoms with van der Waals surface area (Å²) in [6.45, 7) is 8.25. The summed E-state index contributed by atoms with van der Waals surface area (Å²) >= 11 is 0. The molecular formula is C12H19N5O. The zero-order valence-corrected chi connectivity index (χ0v) is 11.1. The van der Waals surface area contributed by atoms with Crippen LogP contribution < -0.4 is 5.32 Å². The second kappa shape index (κ2) is 5.77. The highest BCUT2D eigenvalue weighted by Crippen LogP contribution is 2.07. The van der Waals surface area contributed by atoms with Crippen molar-refractivity contribution in [3.8, 4) is 0 Å². The summed E-state index contributed by atoms with van der Waals surface area (Å²) < 4.78 is 7.10. The molecule has 0 aromatic carbocycles. The molecule has 0 radical (unpaired) electrons. The second-order valence-electron chi connectivity index (χ2n) is 4.33. The van der Waals surface area contributed by atoms with Gasteiger partial charge < -0.3 is 9.84 Å². The number of aryl methyl sites for hydroxylation is 2. The second-order valence-corrected chi connectivity index (χ2v) is 4.33. The Morgan fingerprint density at radius 2 is 2.22 bits per heavy atom. The number of hydrogen-bond acceptors (Lipinski definition) is 5. The zero-order valence-electron chi connectivity index (χ0n) is 11.1. The van der Waals surface area contributed by atoms with E-state index in [1.54, 1.807) is 0 Å². The SMILES string of the molecule is CCCNCc1cc(Cn2nc(C)nc2C)on1. The van der Waals surface area contributed by atoms with Gasteiger partial charge in [0.1, 0.15) is 18.2 Å². The van der Waals surface area contributed by atoms with Crippen LogP contribution in [0.3, 0.4) is 0 Å². The lowest BCUT2D eigenvalue weighted by Gasteiger charge is -1.98. The molecule has 0 aliphatic rings. The number of hydrogen-bond donors (Lipinski definition) is 1. The Morgan fingerprint density at radius 1 is 1.39 bits per heavy atom. The normalized spacial score (nSPS) is 11.1. The smallest absolute Gasteiger partial charge is 0.158 e. The van der Waals surface area contributed by atoms with E-state index in [-0.39, 0.29) is 0 Å². The molecule has 0 spiro atoms. The van der Waals surface area contributed by atoms with E-state index in [9.17, 15) is 0 Å². The van der Waals surface area contributed by atoms with Gasteiger partial charge in [-0.1, -0.05) is 12.1 Å². The van der Waals surface area contributed by atoms with Crippen LogP contribution in [0, 0.1) is 13.8 Å². The molecule has 0 atom stereocenters. The number of rotatable bonds is 6. The average molecular weight is 249 g/mol. The molecule has 2 rings (SSSR count). The van der Waals surface area contributed by atoms with Gasteiger partial charge in [-0.15, -0.1) is 0 Å². The Balaban J connectivity index is 1.96. The maximum atomic E-state index is 5.28. The van der Waals surface area contributed by atoms with Crippen molar-refractivity contribution >= 4 is 0 Å². The van der Waals surface area contributed by atoms with Gasteiger partial charge in [0.25, 0.3) is 0 Å². The molecule has 0 amide bonds. The minimum absolute atomic E-state index is 0.577. The molecule has 0 aliphatic carbocycles. The Morgan fingerprint density at radius 3 is 2.89 bits per heavy atom. The van der Waals surface area contributed by atoms with E-state index in [0.29, 0.717) is 6.54 Å². The average Bonchev–Trinajstić information content (AvgIpc) is 2.88. The summed E-state index contributed by atoms with van der Waals surface area (Å²) in [4.78, 5) is 4.25. The molecule has 18 heavy (non-hydrogen) atoms. The van der Waals surface area contributed by atoms with Crippen molar-refractivity contribution in [3.63, 3.8) is 0 Å². The third kappa shape index (κ3) is 3.16. The van der Waals surface area contributed by atoms with E-state index in [2.05, 4.69) is 27.5 Å². The lowest BCUT2D eigenvalue weighted by atomic mass is 10.3. The van der Waals surface area contributed by atoms with Gasteiger partial charge in [-0.2, -0.15) is 5.10 Å². The molecule has 1 N–H and O–H groups in total. The van der Waals surface area contributed by atoms with Crippen LogP contribution in [0.15, 0.2) is 10.6 Å². The van der Waals surface area contributed by atoms with E-state index in [4.69, 9.17) is 4.52 Å². The third-order valence-corrected chi connectivity index (χ3v) is 2.61. The van der Waals surface area contributed by atoms with Crippen molar-refractivity contribution in [2.24, 2.45) is 0 Å². The summed E-state index contributed by atoms with van der Waals surface area (Å²) in [6.07, 6.45) is 1.11. The maximum absolute atomic E-state index is 5.28. The molecule has 0 saturated heterocycles. The van der Waals surface area contributed by atoms with Gasteiger partial charge in [0.05, 0.1) is 5.69 Å². The molecule has 6 heteroatoms. The predicted molar refractivity (Wildman–Crippen MR) is 67.1 cm³/mol. The van der Waals surface area contributed by atoms with Crippen LogP contribution in [0.4, 0.5) is 0 Å². The zero-order chi connectivity index (χ0) is 13.0. The lowest BCUT2D eigenvalue weighted by Crippen LogP contribution is -2.13. The van der Waals surface area contributed by atoms with Crippen molar-refractivity contribution in [1.29, 1.82) is 0 Å². The molecular weight excluding hydrogens is 230 g/mol. The highest BCUT2D eigenvalue weighted by Gasteiger charge is 2.08. The Bertz CT molecular complexity index is 502. The quantitative estimate of drug-likeness (QED) is 0.784. The van der Waals surface area contributed by atoms with Crippen molar-refractivity contribution in [2.45, 2.75) is 40.3 Å². The van der Waals surface area contributed by atoms with Gasteiger partial charge in [0.15, 0.2) is 5.76 Å². The van der Waals surface area contributed by atoms with Crippen LogP contribution >= 0.6 is 0 Å². The fourth-order valence-electron chi connectivity index (χ4n) is 1.77. The van der Waals surface area contributed by atoms with Gasteiger partial charge >= 0.3 is 0 Å². The fraction of sp³-hybridized carbons (Fsp3) is 0.583. The predicted octanol–water partition coefficient (Wildman–Crippen LogP) is 1.43. The van der Waals surface area contributed by atoms with Crippen LogP contribution in [-0.4, -0.2) is 26.5 Å². The van der Waals surface area contributed by atoms with Crippen molar-refractivity contribution in [2.75, 3.05) is 6.54 Å². The molecule has 2 aromatic heterocycles. The van der Waals surface area contributed by atoms with Crippen LogP contribution in [0.2, 0.25) is 0 Å². The van der Waals surface area contributed by atoms with Crippen molar-refractivity contribution < 1.29 is 4.52 Å². The molecule has 2 aromatic rings. The summed E-state index contributed by atoms with van der Waals surface area (Å²) in [6, 6.07) is 1.96. The molecule has 98 valence electrons. The number of nitrogens with zero attached hydrogens (tertiary/aromatic N) is 4. The molecule has 0 saturated carbocycles. The van der Waals surface area contributed by atoms with Crippen LogP contribution in [-0.2, 0) is 13.1 Å². The fourth-order valence-corrected chi connectivity index (χ4v) is 1.77. The highest BCUT2D eigenvalue weighted by molar-refractivity contribution is 5.06. The number of nitrogens with one attached hydrogen (secondary N) is 1. The first-order chi connectivity index (χ1) is 8.69. The lowest BCUT2D eigenvalue weighted by molar-refractivity contribution is 0.363. The standard InChI is InChI=1S/C12H19N5O/c1-4-5-13-7-11-6-12(18-16-11)8-17-10(3)14-9(2)15-17/h6,13H,4-5,7-8H2,1-3H3. The van der Waals surface area contributed by atoms with Crippen LogP contribution in [0.5, 0.6) is 0 Å². The Kier molecular flexibility index (Phi) is 4.09. The van der Waals surface area contributed by atoms with Gasteiger partial charge in [0, 0.05) is 12.6 Å². The third-order valence-electron chi connectivity index (χ3n) is 2.61. The minimum atomic E-state index is 0.577. The van der Waals surface area contributed by atoms with Gasteiger partial charge in [0.2, 0.25) is 0 Å². The first-order valence-electron chi connectivity index (χ1n) is 6.22. The van der Waals surface area contributed by atoms with E-state index in [1.165, 1.54) is 0 Å². The van der Waals surface area contributed by atoms with Crippen LogP contribution in [0.1, 0.15) is 36.4 Å². The van der Waals surface area contributed by atoms with E-state index < -0.39 is 0 Å². The molecule has 0 bridgehead atoms. The molecule has 0 aliphatic heterocycles. The Labute approximate surface area is 106 Å². The summed E-state index contributed by atoms with van der Waals surface area (Å²) in [5.74, 6) is 2.46. The molecule has 6 nitrogen and oxygen atoms in total. The summed E-state index contributed by atoms with van der Waals surface area (Å²) in [5, 5.41) is 11.6. The van der Waals surface area contributed by atoms with Gasteiger partial charge in [-0.05, 0) is 26.8 Å².